The quantitative estimate of drug-likeness (QED) is 0.0872. The highest BCUT2D eigenvalue weighted by Gasteiger charge is 2.45. The van der Waals surface area contributed by atoms with E-state index in [0.717, 1.165) is 18.7 Å². The predicted molar refractivity (Wildman–Crippen MR) is 168 cm³/mol. The number of carbonyl (C=O) groups is 2. The Morgan fingerprint density at radius 1 is 1.14 bits per heavy atom. The van der Waals surface area contributed by atoms with Crippen LogP contribution in [0, 0.1) is 17.0 Å². The second-order valence-corrected chi connectivity index (χ2v) is 12.0. The number of H-pyrrole nitrogens is 1. The molecule has 2 heterocycles. The normalized spacial score (nSPS) is 14.3. The van der Waals surface area contributed by atoms with E-state index in [2.05, 4.69) is 37.3 Å². The summed E-state index contributed by atoms with van der Waals surface area (Å²) in [6.45, 7) is 9.58. The lowest BCUT2D eigenvalue weighted by Gasteiger charge is -2.37. The molecule has 0 spiro atoms. The van der Waals surface area contributed by atoms with Gasteiger partial charge in [0.05, 0.1) is 28.0 Å². The second kappa shape index (κ2) is 12.3. The molecule has 0 radical (unpaired) electrons. The van der Waals surface area contributed by atoms with Crippen molar-refractivity contribution in [1.82, 2.24) is 20.2 Å². The zero-order chi connectivity index (χ0) is 30.9. The summed E-state index contributed by atoms with van der Waals surface area (Å²) < 4.78 is 6.20. The molecule has 10 nitrogen and oxygen atoms in total. The van der Waals surface area contributed by atoms with Crippen molar-refractivity contribution in [2.45, 2.75) is 46.0 Å². The number of carbonyl (C=O) groups excluding carboxylic acids is 2. The van der Waals surface area contributed by atoms with Crippen LogP contribution >= 0.6 is 15.9 Å². The van der Waals surface area contributed by atoms with Crippen LogP contribution in [-0.4, -0.2) is 57.8 Å². The average molecular weight is 649 g/mol. The van der Waals surface area contributed by atoms with Gasteiger partial charge in [0.1, 0.15) is 17.1 Å². The van der Waals surface area contributed by atoms with Gasteiger partial charge in [-0.2, -0.15) is 0 Å². The lowest BCUT2D eigenvalue weighted by molar-refractivity contribution is -0.385. The zero-order valence-corrected chi connectivity index (χ0v) is 26.2. The molecule has 0 unspecified atom stereocenters. The zero-order valence-electron chi connectivity index (χ0n) is 24.6. The summed E-state index contributed by atoms with van der Waals surface area (Å²) in [5, 5.41) is 14.9. The summed E-state index contributed by atoms with van der Waals surface area (Å²) in [7, 11) is 0. The minimum absolute atomic E-state index is 0.0133. The number of halogens is 1. The number of nitro groups is 1. The SMILES string of the molecule is CCOc1cccc(CCNCCCN2C(=O)c3c(cc(Br)c4nc(-c5ccc(C)c([N+](=O)[O-])c5)[nH]c34)C(C)(C)C2=O)c1. The molecular formula is C32H34BrN5O5. The molecule has 2 amide bonds. The Morgan fingerprint density at radius 2 is 1.93 bits per heavy atom. The highest BCUT2D eigenvalue weighted by atomic mass is 79.9. The third-order valence-corrected chi connectivity index (χ3v) is 8.45. The van der Waals surface area contributed by atoms with Crippen LogP contribution < -0.4 is 10.1 Å². The summed E-state index contributed by atoms with van der Waals surface area (Å²) in [6.07, 6.45) is 1.44. The first-order valence-electron chi connectivity index (χ1n) is 14.3. The van der Waals surface area contributed by atoms with Crippen LogP contribution in [0.1, 0.15) is 54.2 Å². The van der Waals surface area contributed by atoms with Gasteiger partial charge < -0.3 is 15.0 Å². The molecule has 224 valence electrons. The van der Waals surface area contributed by atoms with Crippen LogP contribution in [0.5, 0.6) is 5.75 Å². The highest BCUT2D eigenvalue weighted by Crippen LogP contribution is 2.41. The number of rotatable bonds is 11. The number of aryl methyl sites for hydroxylation is 1. The van der Waals surface area contributed by atoms with Gasteiger partial charge in [0, 0.05) is 28.2 Å². The molecule has 43 heavy (non-hydrogen) atoms. The molecule has 4 aromatic rings. The maximum absolute atomic E-state index is 13.9. The van der Waals surface area contributed by atoms with Crippen LogP contribution in [0.25, 0.3) is 22.4 Å². The predicted octanol–water partition coefficient (Wildman–Crippen LogP) is 6.09. The Hall–Kier alpha value is -4.09. The minimum Gasteiger partial charge on any atom is -0.494 e. The van der Waals surface area contributed by atoms with Crippen molar-refractivity contribution in [3.05, 3.63) is 85.4 Å². The fourth-order valence-electron chi connectivity index (χ4n) is 5.49. The van der Waals surface area contributed by atoms with Crippen LogP contribution in [0.15, 0.2) is 53.0 Å². The molecule has 5 rings (SSSR count). The molecule has 2 N–H and O–H groups in total. The number of hydrogen-bond donors (Lipinski definition) is 2. The van der Waals surface area contributed by atoms with Gasteiger partial charge in [0.15, 0.2) is 0 Å². The topological polar surface area (TPSA) is 130 Å². The Kier molecular flexibility index (Phi) is 8.66. The molecule has 3 aromatic carbocycles. The van der Waals surface area contributed by atoms with Gasteiger partial charge in [0.2, 0.25) is 5.91 Å². The maximum Gasteiger partial charge on any atom is 0.273 e. The standard InChI is InChI=1S/C32H34BrN5O5/c1-5-43-22-9-6-8-20(16-22)12-14-34-13-7-15-37-30(39)26-23(32(3,4)31(37)40)18-24(33)27-28(26)36-29(35-27)21-11-10-19(2)25(17-21)38(41)42/h6,8-11,16-18,34H,5,7,12-15H2,1-4H3,(H,35,36). The number of nitrogens with zero attached hydrogens (tertiary/aromatic N) is 3. The molecule has 11 heteroatoms. The first-order valence-corrected chi connectivity index (χ1v) is 15.1. The van der Waals surface area contributed by atoms with Gasteiger partial charge in [-0.25, -0.2) is 4.98 Å². The number of nitrogens with one attached hydrogen (secondary N) is 2. The third-order valence-electron chi connectivity index (χ3n) is 7.85. The average Bonchev–Trinajstić information content (AvgIpc) is 3.42. The van der Waals surface area contributed by atoms with E-state index in [1.54, 1.807) is 25.1 Å². The smallest absolute Gasteiger partial charge is 0.273 e. The van der Waals surface area contributed by atoms with E-state index < -0.39 is 10.3 Å². The number of hydrogen-bond acceptors (Lipinski definition) is 7. The van der Waals surface area contributed by atoms with Crippen molar-refractivity contribution in [3.8, 4) is 17.1 Å². The Bertz CT molecular complexity index is 1730. The van der Waals surface area contributed by atoms with Crippen LogP contribution in [-0.2, 0) is 16.6 Å². The molecule has 0 bridgehead atoms. The van der Waals surface area contributed by atoms with E-state index in [0.29, 0.717) is 63.2 Å². The van der Waals surface area contributed by atoms with Crippen molar-refractivity contribution in [2.24, 2.45) is 0 Å². The first-order chi connectivity index (χ1) is 20.5. The minimum atomic E-state index is -0.952. The lowest BCUT2D eigenvalue weighted by Crippen LogP contribution is -2.52. The fourth-order valence-corrected chi connectivity index (χ4v) is 6.01. The number of imide groups is 1. The number of aromatic amines is 1. The summed E-state index contributed by atoms with van der Waals surface area (Å²) in [5.41, 5.74) is 3.29. The first kappa shape index (κ1) is 30.4. The third kappa shape index (κ3) is 5.92. The molecule has 0 saturated heterocycles. The molecule has 0 saturated carbocycles. The number of amides is 2. The van der Waals surface area contributed by atoms with E-state index >= 15 is 0 Å². The summed E-state index contributed by atoms with van der Waals surface area (Å²) >= 11 is 3.57. The molecule has 1 aliphatic heterocycles. The van der Waals surface area contributed by atoms with Gasteiger partial charge >= 0.3 is 0 Å². The molecule has 1 aliphatic rings. The van der Waals surface area contributed by atoms with Crippen LogP contribution in [0.2, 0.25) is 0 Å². The number of benzene rings is 3. The monoisotopic (exact) mass is 647 g/mol. The van der Waals surface area contributed by atoms with Crippen molar-refractivity contribution >= 4 is 44.5 Å². The Morgan fingerprint density at radius 3 is 2.67 bits per heavy atom. The summed E-state index contributed by atoms with van der Waals surface area (Å²) in [6, 6.07) is 14.7. The van der Waals surface area contributed by atoms with Crippen molar-refractivity contribution in [1.29, 1.82) is 0 Å². The van der Waals surface area contributed by atoms with Crippen molar-refractivity contribution < 1.29 is 19.2 Å². The summed E-state index contributed by atoms with van der Waals surface area (Å²) in [4.78, 5) is 47.8. The van der Waals surface area contributed by atoms with Crippen LogP contribution in [0.3, 0.4) is 0 Å². The number of nitro benzene ring substituents is 1. The largest absolute Gasteiger partial charge is 0.494 e. The number of fused-ring (bicyclic) bond motifs is 3. The van der Waals surface area contributed by atoms with E-state index in [1.807, 2.05) is 39.0 Å². The lowest BCUT2D eigenvalue weighted by atomic mass is 9.76. The number of aromatic nitrogens is 2. The fraction of sp³-hybridized carbons (Fsp3) is 0.344. The van der Waals surface area contributed by atoms with Crippen LogP contribution in [0.4, 0.5) is 5.69 Å². The number of imidazole rings is 1. The summed E-state index contributed by atoms with van der Waals surface area (Å²) in [5.74, 6) is 0.625. The molecule has 0 aliphatic carbocycles. The van der Waals surface area contributed by atoms with Gasteiger partial charge in [-0.05, 0) is 98.9 Å². The Balaban J connectivity index is 1.34. The van der Waals surface area contributed by atoms with E-state index in [1.165, 1.54) is 16.5 Å². The van der Waals surface area contributed by atoms with Gasteiger partial charge in [-0.3, -0.25) is 24.6 Å². The number of ether oxygens (including phenoxy) is 1. The van der Waals surface area contributed by atoms with E-state index in [9.17, 15) is 19.7 Å². The van der Waals surface area contributed by atoms with Crippen molar-refractivity contribution in [3.63, 3.8) is 0 Å². The molecule has 1 aromatic heterocycles. The van der Waals surface area contributed by atoms with E-state index in [-0.39, 0.29) is 24.0 Å². The van der Waals surface area contributed by atoms with E-state index in [4.69, 9.17) is 4.74 Å². The van der Waals surface area contributed by atoms with Gasteiger partial charge in [-0.1, -0.05) is 24.3 Å². The molecule has 0 fully saturated rings. The van der Waals surface area contributed by atoms with Gasteiger partial charge in [0.25, 0.3) is 11.6 Å². The highest BCUT2D eigenvalue weighted by molar-refractivity contribution is 9.10. The maximum atomic E-state index is 13.9. The molecular weight excluding hydrogens is 614 g/mol. The molecule has 0 atom stereocenters. The van der Waals surface area contributed by atoms with Gasteiger partial charge in [-0.15, -0.1) is 0 Å². The Labute approximate surface area is 258 Å². The van der Waals surface area contributed by atoms with Crippen molar-refractivity contribution in [2.75, 3.05) is 26.2 Å². The second-order valence-electron chi connectivity index (χ2n) is 11.2.